The molecule has 1 aliphatic rings. The number of benzene rings is 2. The summed E-state index contributed by atoms with van der Waals surface area (Å²) in [4.78, 5) is 24.7. The van der Waals surface area contributed by atoms with Gasteiger partial charge in [0.2, 0.25) is 11.9 Å². The fourth-order valence-corrected chi connectivity index (χ4v) is 3.44. The molecule has 4 N–H and O–H groups in total. The third kappa shape index (κ3) is 6.38. The molecule has 4 rings (SSSR count). The van der Waals surface area contributed by atoms with Crippen molar-refractivity contribution in [2.75, 3.05) is 24.3 Å². The lowest BCUT2D eigenvalue weighted by molar-refractivity contribution is -0.0256. The van der Waals surface area contributed by atoms with Crippen LogP contribution in [0, 0.1) is 6.92 Å². The Hall–Kier alpha value is -3.86. The van der Waals surface area contributed by atoms with Gasteiger partial charge in [-0.1, -0.05) is 29.8 Å². The van der Waals surface area contributed by atoms with Crippen molar-refractivity contribution in [3.63, 3.8) is 0 Å². The molecule has 1 fully saturated rings. The summed E-state index contributed by atoms with van der Waals surface area (Å²) in [6.07, 6.45) is 1.76. The van der Waals surface area contributed by atoms with E-state index in [4.69, 9.17) is 4.74 Å². The Morgan fingerprint density at radius 2 is 1.69 bits per heavy atom. The lowest BCUT2D eigenvalue weighted by Gasteiger charge is -2.19. The number of aromatic nitrogens is 3. The number of hydrazine groups is 1. The van der Waals surface area contributed by atoms with Gasteiger partial charge >= 0.3 is 6.01 Å². The maximum Gasteiger partial charge on any atom is 0.323 e. The highest BCUT2D eigenvalue weighted by Crippen LogP contribution is 2.48. The molecule has 1 aliphatic carbocycles. The fraction of sp³-hybridized carbons (Fsp3) is 0.333. The van der Waals surface area contributed by atoms with Gasteiger partial charge in [0.15, 0.2) is 6.61 Å². The second-order valence-corrected chi connectivity index (χ2v) is 8.60. The predicted octanol–water partition coefficient (Wildman–Crippen LogP) is 3.92. The second kappa shape index (κ2) is 9.79. The highest BCUT2D eigenvalue weighted by atomic mass is 19.3. The van der Waals surface area contributed by atoms with Gasteiger partial charge in [-0.05, 0) is 49.6 Å². The minimum atomic E-state index is -3.04. The average Bonchev–Trinajstić information content (AvgIpc) is 3.58. The van der Waals surface area contributed by atoms with Gasteiger partial charge in [0, 0.05) is 25.2 Å². The lowest BCUT2D eigenvalue weighted by Crippen LogP contribution is -2.34. The fourth-order valence-electron chi connectivity index (χ4n) is 3.44. The molecule has 11 heteroatoms. The van der Waals surface area contributed by atoms with Crippen molar-refractivity contribution >= 4 is 23.5 Å². The smallest absolute Gasteiger partial charge is 0.323 e. The van der Waals surface area contributed by atoms with E-state index in [0.717, 1.165) is 30.9 Å². The van der Waals surface area contributed by atoms with Gasteiger partial charge in [-0.3, -0.25) is 10.2 Å². The summed E-state index contributed by atoms with van der Waals surface area (Å²) in [5.74, 6) is -3.01. The van der Waals surface area contributed by atoms with Crippen molar-refractivity contribution < 1.29 is 18.3 Å². The van der Waals surface area contributed by atoms with Gasteiger partial charge in [-0.25, -0.2) is 14.2 Å². The quantitative estimate of drug-likeness (QED) is 0.321. The van der Waals surface area contributed by atoms with Gasteiger partial charge < -0.3 is 15.4 Å². The zero-order valence-corrected chi connectivity index (χ0v) is 19.7. The Bertz CT molecular complexity index is 1180. The summed E-state index contributed by atoms with van der Waals surface area (Å²) < 4.78 is 31.9. The number of carbonyl (C=O) groups is 1. The molecule has 1 heterocycles. The maximum absolute atomic E-state index is 13.4. The van der Waals surface area contributed by atoms with Crippen LogP contribution < -0.4 is 26.2 Å². The van der Waals surface area contributed by atoms with E-state index in [1.807, 2.05) is 19.1 Å². The van der Waals surface area contributed by atoms with Crippen LogP contribution in [0.1, 0.15) is 41.3 Å². The Labute approximate surface area is 201 Å². The van der Waals surface area contributed by atoms with Crippen LogP contribution in [-0.2, 0) is 5.54 Å². The Kier molecular flexibility index (Phi) is 6.79. The Morgan fingerprint density at radius 1 is 1.03 bits per heavy atom. The van der Waals surface area contributed by atoms with Crippen LogP contribution in [0.3, 0.4) is 0 Å². The van der Waals surface area contributed by atoms with Crippen LogP contribution in [0.25, 0.3) is 0 Å². The lowest BCUT2D eigenvalue weighted by atomic mass is 10.0. The highest BCUT2D eigenvalue weighted by Gasteiger charge is 2.45. The van der Waals surface area contributed by atoms with E-state index in [-0.39, 0.29) is 29.4 Å². The topological polar surface area (TPSA) is 113 Å². The van der Waals surface area contributed by atoms with Crippen LogP contribution in [0.5, 0.6) is 6.01 Å². The third-order valence-corrected chi connectivity index (χ3v) is 5.42. The standard InChI is InChI=1S/C24H27F2N7O2/c1-15-4-8-17(9-5-15)24(12-13-24)32-21-29-20(30-22(31-21)35-14-23(2,25)26)28-18-10-6-16(7-11-18)19(34)33-27-3/h4-11,27H,12-14H2,1-3H3,(H,33,34)(H2,28,29,30,31,32). The monoisotopic (exact) mass is 483 g/mol. The number of hydrogen-bond acceptors (Lipinski definition) is 8. The van der Waals surface area contributed by atoms with E-state index in [2.05, 4.69) is 48.6 Å². The van der Waals surface area contributed by atoms with Gasteiger partial charge in [0.05, 0.1) is 5.54 Å². The molecule has 3 aromatic rings. The van der Waals surface area contributed by atoms with Crippen molar-refractivity contribution in [2.45, 2.75) is 38.2 Å². The average molecular weight is 484 g/mol. The normalized spacial score (nSPS) is 14.2. The summed E-state index contributed by atoms with van der Waals surface area (Å²) in [5, 5.41) is 6.35. The molecule has 0 unspecified atom stereocenters. The first-order valence-electron chi connectivity index (χ1n) is 11.1. The molecule has 1 amide bonds. The summed E-state index contributed by atoms with van der Waals surface area (Å²) in [7, 11) is 1.60. The van der Waals surface area contributed by atoms with E-state index in [1.54, 1.807) is 31.3 Å². The highest BCUT2D eigenvalue weighted by molar-refractivity contribution is 5.94. The zero-order chi connectivity index (χ0) is 25.1. The van der Waals surface area contributed by atoms with E-state index in [9.17, 15) is 13.6 Å². The zero-order valence-electron chi connectivity index (χ0n) is 19.7. The number of rotatable bonds is 10. The number of amides is 1. The number of hydrogen-bond donors (Lipinski definition) is 4. The van der Waals surface area contributed by atoms with Crippen LogP contribution in [0.15, 0.2) is 48.5 Å². The molecular weight excluding hydrogens is 456 g/mol. The van der Waals surface area contributed by atoms with E-state index < -0.39 is 12.5 Å². The van der Waals surface area contributed by atoms with Crippen molar-refractivity contribution in [1.82, 2.24) is 25.8 Å². The number of anilines is 3. The number of halogens is 2. The molecule has 0 radical (unpaired) electrons. The SMILES string of the molecule is CNNC(=O)c1ccc(Nc2nc(NC3(c4ccc(C)cc4)CC3)nc(OCC(C)(F)F)n2)cc1. The molecular formula is C24H27F2N7O2. The van der Waals surface area contributed by atoms with Gasteiger partial charge in [0.1, 0.15) is 0 Å². The summed E-state index contributed by atoms with van der Waals surface area (Å²) in [6.45, 7) is 1.91. The molecule has 0 bridgehead atoms. The van der Waals surface area contributed by atoms with E-state index in [1.165, 1.54) is 0 Å². The molecule has 0 spiro atoms. The maximum atomic E-state index is 13.4. The largest absolute Gasteiger partial charge is 0.457 e. The second-order valence-electron chi connectivity index (χ2n) is 8.60. The molecule has 0 saturated heterocycles. The molecule has 1 saturated carbocycles. The van der Waals surface area contributed by atoms with E-state index >= 15 is 0 Å². The first-order chi connectivity index (χ1) is 16.7. The first-order valence-corrected chi connectivity index (χ1v) is 11.1. The van der Waals surface area contributed by atoms with Crippen molar-refractivity contribution in [2.24, 2.45) is 0 Å². The Morgan fingerprint density at radius 3 is 2.29 bits per heavy atom. The Balaban J connectivity index is 1.57. The van der Waals surface area contributed by atoms with Gasteiger partial charge in [0.25, 0.3) is 11.8 Å². The summed E-state index contributed by atoms with van der Waals surface area (Å²) in [6, 6.07) is 14.6. The minimum Gasteiger partial charge on any atom is -0.457 e. The number of nitrogens with zero attached hydrogens (tertiary/aromatic N) is 3. The number of aryl methyl sites for hydroxylation is 1. The number of ether oxygens (including phenoxy) is 1. The summed E-state index contributed by atoms with van der Waals surface area (Å²) in [5.41, 5.74) is 8.02. The molecule has 9 nitrogen and oxygen atoms in total. The van der Waals surface area contributed by atoms with Gasteiger partial charge in [-0.15, -0.1) is 0 Å². The molecule has 1 aromatic heterocycles. The molecule has 0 aliphatic heterocycles. The van der Waals surface area contributed by atoms with Gasteiger partial charge in [-0.2, -0.15) is 15.0 Å². The van der Waals surface area contributed by atoms with Crippen LogP contribution in [-0.4, -0.2) is 40.4 Å². The van der Waals surface area contributed by atoms with Crippen LogP contribution >= 0.6 is 0 Å². The van der Waals surface area contributed by atoms with Crippen molar-refractivity contribution in [3.8, 4) is 6.01 Å². The molecule has 184 valence electrons. The van der Waals surface area contributed by atoms with Crippen molar-refractivity contribution in [1.29, 1.82) is 0 Å². The van der Waals surface area contributed by atoms with Crippen LogP contribution in [0.2, 0.25) is 0 Å². The molecule has 35 heavy (non-hydrogen) atoms. The third-order valence-electron chi connectivity index (χ3n) is 5.42. The number of carbonyl (C=O) groups excluding carboxylic acids is 1. The summed E-state index contributed by atoms with van der Waals surface area (Å²) >= 11 is 0. The van der Waals surface area contributed by atoms with Crippen LogP contribution in [0.4, 0.5) is 26.4 Å². The predicted molar refractivity (Wildman–Crippen MR) is 128 cm³/mol. The number of nitrogens with one attached hydrogen (secondary N) is 4. The van der Waals surface area contributed by atoms with E-state index in [0.29, 0.717) is 11.3 Å². The molecule has 0 atom stereocenters. The number of alkyl halides is 2. The minimum absolute atomic E-state index is 0.115. The van der Waals surface area contributed by atoms with Crippen molar-refractivity contribution in [3.05, 3.63) is 65.2 Å². The first kappa shape index (κ1) is 24.3. The molecule has 2 aromatic carbocycles.